The van der Waals surface area contributed by atoms with Gasteiger partial charge in [-0.2, -0.15) is 0 Å². The van der Waals surface area contributed by atoms with Gasteiger partial charge in [-0.25, -0.2) is 4.57 Å². The van der Waals surface area contributed by atoms with Gasteiger partial charge in [0, 0.05) is 37.6 Å². The van der Waals surface area contributed by atoms with Crippen LogP contribution in [0.4, 0.5) is 0 Å². The predicted octanol–water partition coefficient (Wildman–Crippen LogP) is 1.63. The topological polar surface area (TPSA) is 166 Å². The quantitative estimate of drug-likeness (QED) is 0.193. The highest BCUT2D eigenvalue weighted by atomic mass is 32.2. The van der Waals surface area contributed by atoms with E-state index in [9.17, 15) is 29.2 Å². The summed E-state index contributed by atoms with van der Waals surface area (Å²) in [6.07, 6.45) is -2.51. The van der Waals surface area contributed by atoms with Gasteiger partial charge in [0.1, 0.15) is 17.8 Å². The zero-order valence-electron chi connectivity index (χ0n) is 18.7. The number of hydrogen-bond donors (Lipinski definition) is 3. The second-order valence-electron chi connectivity index (χ2n) is 7.30. The van der Waals surface area contributed by atoms with Gasteiger partial charge in [0.25, 0.3) is 5.56 Å². The van der Waals surface area contributed by atoms with Crippen LogP contribution >= 0.6 is 43.6 Å². The first kappa shape index (κ1) is 29.4. The maximum Gasteiger partial charge on any atom is 0.474 e. The number of aromatic nitrogens is 2. The Hall–Kier alpha value is -0.870. The number of thioether (sulfide) groups is 2. The van der Waals surface area contributed by atoms with Crippen LogP contribution in [-0.4, -0.2) is 79.1 Å². The van der Waals surface area contributed by atoms with Crippen LogP contribution in [0.3, 0.4) is 0 Å². The molecule has 192 valence electrons. The number of rotatable bonds is 12. The standard InChI is InChI=1S/C18H27N2O10PS3/c1-11(21)33-8-6-27-31(26,28-7-9-34-12(2)22)29-10-13-15(24)18(3,25)16(30-13)20-5-4-14(23)19-17(20)32/h4-5,13,15-16,24-25H,6-10H2,1-3H3,(H,19,23,32)/t13-,15+,16-,18?/m1/s1. The largest absolute Gasteiger partial charge is 0.474 e. The molecule has 0 bridgehead atoms. The van der Waals surface area contributed by atoms with E-state index in [1.54, 1.807) is 0 Å². The highest BCUT2D eigenvalue weighted by Crippen LogP contribution is 2.50. The van der Waals surface area contributed by atoms with Crippen molar-refractivity contribution in [1.82, 2.24) is 9.55 Å². The van der Waals surface area contributed by atoms with E-state index in [2.05, 4.69) is 4.98 Å². The first-order valence-corrected chi connectivity index (χ1v) is 13.9. The SMILES string of the molecule is CC(=O)SCCOP(=O)(OCCSC(C)=O)OC[C@H]1O[C@@H](n2ccc(=O)[nH]c2=S)C(C)(O)[C@H]1O. The Kier molecular flexibility index (Phi) is 11.1. The van der Waals surface area contributed by atoms with Crippen LogP contribution in [0.15, 0.2) is 17.1 Å². The molecule has 0 aromatic carbocycles. The van der Waals surface area contributed by atoms with Gasteiger partial charge in [-0.1, -0.05) is 23.5 Å². The van der Waals surface area contributed by atoms with Crippen LogP contribution in [-0.2, 0) is 32.5 Å². The van der Waals surface area contributed by atoms with Crippen molar-refractivity contribution in [3.8, 4) is 0 Å². The van der Waals surface area contributed by atoms with Crippen LogP contribution in [0.25, 0.3) is 0 Å². The molecule has 1 aromatic heterocycles. The second-order valence-corrected chi connectivity index (χ2v) is 11.9. The first-order chi connectivity index (χ1) is 15.9. The third-order valence-corrected chi connectivity index (χ3v) is 7.86. The summed E-state index contributed by atoms with van der Waals surface area (Å²) in [5.74, 6) is 0.413. The van der Waals surface area contributed by atoms with Crippen LogP contribution in [0.1, 0.15) is 27.0 Å². The van der Waals surface area contributed by atoms with Crippen molar-refractivity contribution in [1.29, 1.82) is 0 Å². The Bertz CT molecular complexity index is 1000. The van der Waals surface area contributed by atoms with Crippen LogP contribution in [0.5, 0.6) is 0 Å². The lowest BCUT2D eigenvalue weighted by Crippen LogP contribution is -2.44. The van der Waals surface area contributed by atoms with E-state index in [4.69, 9.17) is 30.5 Å². The van der Waals surface area contributed by atoms with Crippen molar-refractivity contribution >= 4 is 53.8 Å². The summed E-state index contributed by atoms with van der Waals surface area (Å²) in [7, 11) is -4.16. The summed E-state index contributed by atoms with van der Waals surface area (Å²) in [4.78, 5) is 36.0. The molecule has 1 aliphatic heterocycles. The molecule has 4 atom stereocenters. The minimum absolute atomic E-state index is 0.0326. The number of phosphoric ester groups is 1. The molecule has 2 rings (SSSR count). The molecule has 1 saturated heterocycles. The number of carbonyl (C=O) groups excluding carboxylic acids is 2. The Labute approximate surface area is 209 Å². The summed E-state index contributed by atoms with van der Waals surface area (Å²) in [5.41, 5.74) is -2.28. The number of nitrogens with zero attached hydrogens (tertiary/aromatic N) is 1. The molecule has 16 heteroatoms. The predicted molar refractivity (Wildman–Crippen MR) is 128 cm³/mol. The molecule has 0 radical (unpaired) electrons. The summed E-state index contributed by atoms with van der Waals surface area (Å²) in [6, 6.07) is 1.18. The number of hydrogen-bond acceptors (Lipinski definition) is 13. The third kappa shape index (κ3) is 8.36. The molecular weight excluding hydrogens is 531 g/mol. The zero-order chi connectivity index (χ0) is 25.5. The lowest BCUT2D eigenvalue weighted by atomic mass is 9.96. The highest BCUT2D eigenvalue weighted by molar-refractivity contribution is 8.13. The smallest absolute Gasteiger partial charge is 0.387 e. The molecule has 0 saturated carbocycles. The Morgan fingerprint density at radius 3 is 2.29 bits per heavy atom. The number of nitrogens with one attached hydrogen (secondary N) is 1. The lowest BCUT2D eigenvalue weighted by Gasteiger charge is -2.28. The molecule has 1 aromatic rings. The molecule has 1 unspecified atom stereocenters. The molecule has 0 amide bonds. The van der Waals surface area contributed by atoms with E-state index in [-0.39, 0.29) is 39.7 Å². The van der Waals surface area contributed by atoms with Crippen molar-refractivity contribution in [3.05, 3.63) is 27.4 Å². The monoisotopic (exact) mass is 558 g/mol. The number of aliphatic hydroxyl groups is 2. The minimum atomic E-state index is -4.16. The maximum atomic E-state index is 13.1. The highest BCUT2D eigenvalue weighted by Gasteiger charge is 2.53. The number of aliphatic hydroxyl groups excluding tert-OH is 1. The molecule has 34 heavy (non-hydrogen) atoms. The third-order valence-electron chi connectivity index (χ3n) is 4.53. The van der Waals surface area contributed by atoms with Crippen LogP contribution < -0.4 is 5.56 Å². The number of carbonyl (C=O) groups is 2. The normalized spacial score (nSPS) is 24.9. The average molecular weight is 559 g/mol. The molecule has 0 spiro atoms. The lowest BCUT2D eigenvalue weighted by molar-refractivity contribution is -0.109. The van der Waals surface area contributed by atoms with Gasteiger partial charge < -0.3 is 14.9 Å². The van der Waals surface area contributed by atoms with Crippen LogP contribution in [0, 0.1) is 4.77 Å². The zero-order valence-corrected chi connectivity index (χ0v) is 22.0. The summed E-state index contributed by atoms with van der Waals surface area (Å²) in [5, 5.41) is 21.2. The number of phosphoric acid groups is 1. The summed E-state index contributed by atoms with van der Waals surface area (Å²) >= 11 is 7.04. The van der Waals surface area contributed by atoms with Gasteiger partial charge in [-0.3, -0.25) is 37.5 Å². The second kappa shape index (κ2) is 12.9. The maximum absolute atomic E-state index is 13.1. The Balaban J connectivity index is 2.08. The van der Waals surface area contributed by atoms with Gasteiger partial charge in [-0.15, -0.1) is 0 Å². The fraction of sp³-hybridized carbons (Fsp3) is 0.667. The minimum Gasteiger partial charge on any atom is -0.387 e. The number of H-pyrrole nitrogens is 1. The van der Waals surface area contributed by atoms with Crippen LogP contribution in [0.2, 0.25) is 0 Å². The Morgan fingerprint density at radius 1 is 1.24 bits per heavy atom. The molecule has 12 nitrogen and oxygen atoms in total. The number of aromatic amines is 1. The van der Waals surface area contributed by atoms with Gasteiger partial charge in [-0.05, 0) is 19.1 Å². The molecule has 3 N–H and O–H groups in total. The average Bonchev–Trinajstić information content (AvgIpc) is 2.96. The molecule has 1 aliphatic rings. The van der Waals surface area contributed by atoms with Gasteiger partial charge in [0.2, 0.25) is 0 Å². The molecule has 1 fully saturated rings. The van der Waals surface area contributed by atoms with E-state index in [1.165, 1.54) is 37.6 Å². The first-order valence-electron chi connectivity index (χ1n) is 10.0. The summed E-state index contributed by atoms with van der Waals surface area (Å²) < 4.78 is 35.9. The van der Waals surface area contributed by atoms with Gasteiger partial charge in [0.05, 0.1) is 19.8 Å². The van der Waals surface area contributed by atoms with E-state index in [0.29, 0.717) is 0 Å². The van der Waals surface area contributed by atoms with E-state index >= 15 is 0 Å². The Morgan fingerprint density at radius 2 is 1.79 bits per heavy atom. The van der Waals surface area contributed by atoms with E-state index in [1.807, 2.05) is 0 Å². The molecule has 0 aliphatic carbocycles. The molecule has 2 heterocycles. The van der Waals surface area contributed by atoms with Crippen molar-refractivity contribution in [2.24, 2.45) is 0 Å². The van der Waals surface area contributed by atoms with Gasteiger partial charge in [0.15, 0.2) is 21.2 Å². The molecular formula is C18H27N2O10PS3. The number of ether oxygens (including phenoxy) is 1. The fourth-order valence-electron chi connectivity index (χ4n) is 2.94. The van der Waals surface area contributed by atoms with Gasteiger partial charge >= 0.3 is 7.82 Å². The summed E-state index contributed by atoms with van der Waals surface area (Å²) in [6.45, 7) is 3.35. The van der Waals surface area contributed by atoms with Crippen molar-refractivity contribution < 1.29 is 42.7 Å². The van der Waals surface area contributed by atoms with E-state index < -0.39 is 44.0 Å². The fourth-order valence-corrected chi connectivity index (χ4v) is 5.53. The van der Waals surface area contributed by atoms with Crippen molar-refractivity contribution in [2.45, 2.75) is 44.8 Å². The van der Waals surface area contributed by atoms with Crippen molar-refractivity contribution in [3.63, 3.8) is 0 Å². The van der Waals surface area contributed by atoms with Crippen molar-refractivity contribution in [2.75, 3.05) is 31.3 Å². The van der Waals surface area contributed by atoms with E-state index in [0.717, 1.165) is 23.5 Å².